The summed E-state index contributed by atoms with van der Waals surface area (Å²) < 4.78 is 5.03. The van der Waals surface area contributed by atoms with Gasteiger partial charge in [-0.3, -0.25) is 4.79 Å². The fourth-order valence-corrected chi connectivity index (χ4v) is 2.44. The molecule has 3 atom stereocenters. The van der Waals surface area contributed by atoms with Gasteiger partial charge in [0.2, 0.25) is 0 Å². The lowest BCUT2D eigenvalue weighted by Gasteiger charge is -2.37. The van der Waals surface area contributed by atoms with Crippen molar-refractivity contribution >= 4 is 5.97 Å². The maximum atomic E-state index is 11.6. The van der Waals surface area contributed by atoms with Crippen LogP contribution in [0.1, 0.15) is 27.2 Å². The Balaban J connectivity index is 2.39. The maximum Gasteiger partial charge on any atom is 0.309 e. The zero-order chi connectivity index (χ0) is 12.8. The van der Waals surface area contributed by atoms with Crippen LogP contribution in [0.5, 0.6) is 0 Å². The Morgan fingerprint density at radius 1 is 1.59 bits per heavy atom. The van der Waals surface area contributed by atoms with Crippen LogP contribution in [-0.4, -0.2) is 43.7 Å². The zero-order valence-electron chi connectivity index (χ0n) is 11.3. The first-order valence-corrected chi connectivity index (χ1v) is 6.67. The van der Waals surface area contributed by atoms with E-state index >= 15 is 0 Å². The Labute approximate surface area is 104 Å². The van der Waals surface area contributed by atoms with E-state index in [0.717, 1.165) is 26.2 Å². The first-order valence-electron chi connectivity index (χ1n) is 6.67. The molecule has 1 heterocycles. The molecule has 1 fully saturated rings. The average Bonchev–Trinajstić information content (AvgIpc) is 2.31. The van der Waals surface area contributed by atoms with Crippen molar-refractivity contribution in [2.24, 2.45) is 23.5 Å². The molecular formula is C13H26N2O2. The van der Waals surface area contributed by atoms with Crippen LogP contribution < -0.4 is 5.73 Å². The summed E-state index contributed by atoms with van der Waals surface area (Å²) >= 11 is 0. The smallest absolute Gasteiger partial charge is 0.309 e. The number of carbonyl (C=O) groups excluding carboxylic acids is 1. The summed E-state index contributed by atoms with van der Waals surface area (Å²) in [6.07, 6.45) is 1.18. The van der Waals surface area contributed by atoms with Crippen LogP contribution in [0.15, 0.2) is 0 Å². The van der Waals surface area contributed by atoms with Crippen molar-refractivity contribution < 1.29 is 9.53 Å². The van der Waals surface area contributed by atoms with Crippen molar-refractivity contribution in [3.63, 3.8) is 0 Å². The predicted molar refractivity (Wildman–Crippen MR) is 68.6 cm³/mol. The second-order valence-corrected chi connectivity index (χ2v) is 5.17. The topological polar surface area (TPSA) is 55.6 Å². The number of nitrogens with two attached hydrogens (primary N) is 1. The Morgan fingerprint density at radius 2 is 2.29 bits per heavy atom. The summed E-state index contributed by atoms with van der Waals surface area (Å²) in [5.41, 5.74) is 5.78. The van der Waals surface area contributed by atoms with E-state index < -0.39 is 0 Å². The Kier molecular flexibility index (Phi) is 5.92. The molecule has 0 radical (unpaired) electrons. The van der Waals surface area contributed by atoms with Gasteiger partial charge >= 0.3 is 5.97 Å². The molecule has 0 spiro atoms. The average molecular weight is 242 g/mol. The molecule has 0 aromatic carbocycles. The third kappa shape index (κ3) is 4.28. The van der Waals surface area contributed by atoms with Crippen molar-refractivity contribution in [3.05, 3.63) is 0 Å². The molecule has 0 saturated carbocycles. The number of carbonyl (C=O) groups is 1. The minimum atomic E-state index is -0.0876. The highest BCUT2D eigenvalue weighted by Crippen LogP contribution is 2.22. The van der Waals surface area contributed by atoms with Crippen LogP contribution in [0, 0.1) is 17.8 Å². The van der Waals surface area contributed by atoms with Gasteiger partial charge in [-0.1, -0.05) is 13.8 Å². The highest BCUT2D eigenvalue weighted by molar-refractivity contribution is 5.72. The number of nitrogens with zero attached hydrogens (tertiary/aromatic N) is 1. The Morgan fingerprint density at radius 3 is 2.88 bits per heavy atom. The van der Waals surface area contributed by atoms with Crippen LogP contribution in [0.25, 0.3) is 0 Å². The lowest BCUT2D eigenvalue weighted by atomic mass is 9.87. The van der Waals surface area contributed by atoms with Gasteiger partial charge < -0.3 is 15.4 Å². The molecular weight excluding hydrogens is 216 g/mol. The van der Waals surface area contributed by atoms with Crippen molar-refractivity contribution in [2.45, 2.75) is 27.2 Å². The number of ether oxygens (including phenoxy) is 1. The maximum absolute atomic E-state index is 11.6. The van der Waals surface area contributed by atoms with E-state index in [1.54, 1.807) is 0 Å². The molecule has 0 aliphatic carbocycles. The first kappa shape index (κ1) is 14.5. The van der Waals surface area contributed by atoms with Crippen molar-refractivity contribution in [3.8, 4) is 0 Å². The number of rotatable bonds is 5. The molecule has 0 aromatic heterocycles. The summed E-state index contributed by atoms with van der Waals surface area (Å²) in [7, 11) is 0. The third-order valence-electron chi connectivity index (χ3n) is 3.72. The van der Waals surface area contributed by atoms with Gasteiger partial charge in [-0.25, -0.2) is 0 Å². The van der Waals surface area contributed by atoms with Gasteiger partial charge in [-0.2, -0.15) is 0 Å². The number of hydrogen-bond donors (Lipinski definition) is 1. The van der Waals surface area contributed by atoms with E-state index in [-0.39, 0.29) is 11.9 Å². The lowest BCUT2D eigenvalue weighted by molar-refractivity contribution is -0.148. The van der Waals surface area contributed by atoms with Gasteiger partial charge in [-0.15, -0.1) is 0 Å². The second kappa shape index (κ2) is 6.97. The first-order chi connectivity index (χ1) is 8.08. The molecule has 1 aliphatic heterocycles. The van der Waals surface area contributed by atoms with Gasteiger partial charge in [0, 0.05) is 13.1 Å². The molecule has 1 aliphatic rings. The zero-order valence-corrected chi connectivity index (χ0v) is 11.3. The summed E-state index contributed by atoms with van der Waals surface area (Å²) in [6, 6.07) is 0. The number of likely N-dealkylation sites (tertiary alicyclic amines) is 1. The van der Waals surface area contributed by atoms with E-state index in [9.17, 15) is 4.79 Å². The van der Waals surface area contributed by atoms with Gasteiger partial charge in [0.15, 0.2) is 0 Å². The van der Waals surface area contributed by atoms with E-state index in [2.05, 4.69) is 11.8 Å². The van der Waals surface area contributed by atoms with E-state index in [4.69, 9.17) is 10.5 Å². The summed E-state index contributed by atoms with van der Waals surface area (Å²) in [5.74, 6) is 1.14. The fraction of sp³-hybridized carbons (Fsp3) is 0.923. The molecule has 17 heavy (non-hydrogen) atoms. The third-order valence-corrected chi connectivity index (χ3v) is 3.72. The predicted octanol–water partition coefficient (Wildman–Crippen LogP) is 1.10. The number of esters is 1. The lowest BCUT2D eigenvalue weighted by Crippen LogP contribution is -2.45. The number of piperidine rings is 1. The molecule has 0 aromatic rings. The van der Waals surface area contributed by atoms with Crippen LogP contribution in [0.2, 0.25) is 0 Å². The molecule has 0 amide bonds. The summed E-state index contributed by atoms with van der Waals surface area (Å²) in [6.45, 7) is 10.1. The van der Waals surface area contributed by atoms with Crippen LogP contribution in [-0.2, 0) is 9.53 Å². The standard InChI is InChI=1S/C13H26N2O2/c1-4-17-13(16)11(3)8-15-6-5-10(2)12(7-14)9-15/h10-12H,4-9,14H2,1-3H3. The molecule has 0 bridgehead atoms. The van der Waals surface area contributed by atoms with E-state index in [1.807, 2.05) is 13.8 Å². The van der Waals surface area contributed by atoms with Crippen molar-refractivity contribution in [1.82, 2.24) is 4.90 Å². The molecule has 1 saturated heterocycles. The van der Waals surface area contributed by atoms with E-state index in [1.165, 1.54) is 6.42 Å². The summed E-state index contributed by atoms with van der Waals surface area (Å²) in [4.78, 5) is 13.9. The fourth-order valence-electron chi connectivity index (χ4n) is 2.44. The molecule has 1 rings (SSSR count). The molecule has 2 N–H and O–H groups in total. The Hall–Kier alpha value is -0.610. The summed E-state index contributed by atoms with van der Waals surface area (Å²) in [5, 5.41) is 0. The molecule has 4 heteroatoms. The van der Waals surface area contributed by atoms with Crippen molar-refractivity contribution in [2.75, 3.05) is 32.8 Å². The Bertz CT molecular complexity index is 246. The second-order valence-electron chi connectivity index (χ2n) is 5.17. The molecule has 3 unspecified atom stereocenters. The van der Waals surface area contributed by atoms with Crippen LogP contribution in [0.4, 0.5) is 0 Å². The highest BCUT2D eigenvalue weighted by atomic mass is 16.5. The monoisotopic (exact) mass is 242 g/mol. The van der Waals surface area contributed by atoms with E-state index in [0.29, 0.717) is 18.4 Å². The minimum absolute atomic E-state index is 0.0400. The highest BCUT2D eigenvalue weighted by Gasteiger charge is 2.27. The van der Waals surface area contributed by atoms with Crippen LogP contribution >= 0.6 is 0 Å². The largest absolute Gasteiger partial charge is 0.466 e. The van der Waals surface area contributed by atoms with Gasteiger partial charge in [-0.05, 0) is 38.3 Å². The van der Waals surface area contributed by atoms with Gasteiger partial charge in [0.05, 0.1) is 12.5 Å². The quantitative estimate of drug-likeness (QED) is 0.734. The van der Waals surface area contributed by atoms with Gasteiger partial charge in [0.1, 0.15) is 0 Å². The number of hydrogen-bond acceptors (Lipinski definition) is 4. The van der Waals surface area contributed by atoms with Crippen molar-refractivity contribution in [1.29, 1.82) is 0 Å². The van der Waals surface area contributed by atoms with Gasteiger partial charge in [0.25, 0.3) is 0 Å². The normalized spacial score (nSPS) is 27.8. The molecule has 4 nitrogen and oxygen atoms in total. The SMILES string of the molecule is CCOC(=O)C(C)CN1CCC(C)C(CN)C1. The molecule has 100 valence electrons. The van der Waals surface area contributed by atoms with Crippen LogP contribution in [0.3, 0.4) is 0 Å². The minimum Gasteiger partial charge on any atom is -0.466 e.